The van der Waals surface area contributed by atoms with Crippen LogP contribution in [0.2, 0.25) is 5.28 Å². The second-order valence-corrected chi connectivity index (χ2v) is 4.92. The maximum Gasteiger partial charge on any atom is 0.242 e. The van der Waals surface area contributed by atoms with Crippen molar-refractivity contribution in [1.29, 1.82) is 0 Å². The molecule has 0 spiro atoms. The number of ether oxygens (including phenoxy) is 1. The molecule has 1 aliphatic carbocycles. The van der Waals surface area contributed by atoms with E-state index in [1.54, 1.807) is 0 Å². The van der Waals surface area contributed by atoms with E-state index in [-0.39, 0.29) is 10.9 Å². The summed E-state index contributed by atoms with van der Waals surface area (Å²) in [5, 5.41) is 7.07. The van der Waals surface area contributed by atoms with Crippen LogP contribution in [0.1, 0.15) is 45.4 Å². The van der Waals surface area contributed by atoms with Crippen molar-refractivity contribution < 1.29 is 4.74 Å². The minimum Gasteiger partial charge on any atom is -0.367 e. The molecule has 1 aromatic heterocycles. The van der Waals surface area contributed by atoms with Crippen molar-refractivity contribution in [2.75, 3.05) is 6.61 Å². The zero-order valence-electron chi connectivity index (χ0n) is 9.79. The molecule has 1 aromatic rings. The van der Waals surface area contributed by atoms with Crippen LogP contribution in [0.5, 0.6) is 0 Å². The number of nitrogens with zero attached hydrogens (tertiary/aromatic N) is 2. The van der Waals surface area contributed by atoms with Crippen molar-refractivity contribution in [3.05, 3.63) is 11.1 Å². The van der Waals surface area contributed by atoms with E-state index in [2.05, 4.69) is 22.1 Å². The molecule has 5 heteroatoms. The maximum absolute atomic E-state index is 5.95. The molecule has 90 valence electrons. The highest BCUT2D eigenvalue weighted by Crippen LogP contribution is 2.41. The number of nitrogens with one attached hydrogen (secondary N) is 1. The Morgan fingerprint density at radius 2 is 2.44 bits per heavy atom. The van der Waals surface area contributed by atoms with Gasteiger partial charge in [0.05, 0.1) is 0 Å². The van der Waals surface area contributed by atoms with Crippen LogP contribution >= 0.6 is 11.6 Å². The first-order chi connectivity index (χ1) is 7.66. The molecule has 0 amide bonds. The third kappa shape index (κ3) is 2.23. The number of aromatic nitrogens is 3. The van der Waals surface area contributed by atoms with Gasteiger partial charge in [0.2, 0.25) is 5.28 Å². The quantitative estimate of drug-likeness (QED) is 0.888. The molecule has 0 aromatic carbocycles. The predicted molar refractivity (Wildman–Crippen MR) is 62.3 cm³/mol. The third-order valence-electron chi connectivity index (χ3n) is 3.27. The summed E-state index contributed by atoms with van der Waals surface area (Å²) < 4.78 is 5.95. The smallest absolute Gasteiger partial charge is 0.242 e. The number of aromatic amines is 1. The predicted octanol–water partition coefficient (Wildman–Crippen LogP) is 2.90. The average molecular weight is 244 g/mol. The second-order valence-electron chi connectivity index (χ2n) is 4.58. The standard InChI is InChI=1S/C11H18ClN3O/c1-3-16-11(6-4-5-8(2)7-11)9-13-10(12)15-14-9/h8H,3-7H2,1-2H3,(H,13,14,15). The van der Waals surface area contributed by atoms with Gasteiger partial charge < -0.3 is 4.74 Å². The zero-order valence-corrected chi connectivity index (χ0v) is 10.5. The minimum atomic E-state index is -0.299. The van der Waals surface area contributed by atoms with Crippen molar-refractivity contribution in [2.45, 2.75) is 45.1 Å². The summed E-state index contributed by atoms with van der Waals surface area (Å²) >= 11 is 5.77. The van der Waals surface area contributed by atoms with Gasteiger partial charge in [-0.2, -0.15) is 4.98 Å². The number of rotatable bonds is 3. The molecule has 0 saturated heterocycles. The van der Waals surface area contributed by atoms with Crippen molar-refractivity contribution >= 4 is 11.6 Å². The van der Waals surface area contributed by atoms with E-state index in [9.17, 15) is 0 Å². The van der Waals surface area contributed by atoms with Crippen LogP contribution < -0.4 is 0 Å². The van der Waals surface area contributed by atoms with Crippen LogP contribution in [0.15, 0.2) is 0 Å². The zero-order chi connectivity index (χ0) is 11.6. The van der Waals surface area contributed by atoms with Gasteiger partial charge in [0.15, 0.2) is 5.82 Å². The van der Waals surface area contributed by atoms with Gasteiger partial charge in [-0.1, -0.05) is 13.3 Å². The molecule has 1 fully saturated rings. The number of H-pyrrole nitrogens is 1. The van der Waals surface area contributed by atoms with Gasteiger partial charge in [0.1, 0.15) is 5.60 Å². The fraction of sp³-hybridized carbons (Fsp3) is 0.818. The van der Waals surface area contributed by atoms with Crippen LogP contribution in [-0.4, -0.2) is 21.8 Å². The molecule has 0 radical (unpaired) electrons. The molecule has 1 aliphatic rings. The molecule has 4 nitrogen and oxygen atoms in total. The summed E-state index contributed by atoms with van der Waals surface area (Å²) in [5.41, 5.74) is -0.299. The number of hydrogen-bond acceptors (Lipinski definition) is 3. The van der Waals surface area contributed by atoms with E-state index >= 15 is 0 Å². The largest absolute Gasteiger partial charge is 0.367 e. The van der Waals surface area contributed by atoms with E-state index in [0.29, 0.717) is 12.5 Å². The Kier molecular flexibility index (Phi) is 3.50. The Labute approximate surface area is 101 Å². The SMILES string of the molecule is CCOC1(c2nc(Cl)n[nH]2)CCCC(C)C1. The average Bonchev–Trinajstić information content (AvgIpc) is 2.66. The lowest BCUT2D eigenvalue weighted by molar-refractivity contribution is -0.0878. The maximum atomic E-state index is 5.95. The number of halogens is 1. The van der Waals surface area contributed by atoms with Gasteiger partial charge in [-0.05, 0) is 43.7 Å². The van der Waals surface area contributed by atoms with Crippen molar-refractivity contribution in [2.24, 2.45) is 5.92 Å². The molecule has 1 heterocycles. The Morgan fingerprint density at radius 1 is 1.62 bits per heavy atom. The Balaban J connectivity index is 2.27. The van der Waals surface area contributed by atoms with Gasteiger partial charge >= 0.3 is 0 Å². The van der Waals surface area contributed by atoms with Crippen LogP contribution in [0.3, 0.4) is 0 Å². The molecule has 1 N–H and O–H groups in total. The fourth-order valence-corrected chi connectivity index (χ4v) is 2.77. The molecule has 0 aliphatic heterocycles. The summed E-state index contributed by atoms with van der Waals surface area (Å²) in [4.78, 5) is 4.23. The number of hydrogen-bond donors (Lipinski definition) is 1. The van der Waals surface area contributed by atoms with Crippen molar-refractivity contribution in [3.8, 4) is 0 Å². The Bertz CT molecular complexity index is 351. The van der Waals surface area contributed by atoms with E-state index in [4.69, 9.17) is 16.3 Å². The third-order valence-corrected chi connectivity index (χ3v) is 3.44. The molecule has 0 bridgehead atoms. The topological polar surface area (TPSA) is 50.8 Å². The highest BCUT2D eigenvalue weighted by molar-refractivity contribution is 6.28. The minimum absolute atomic E-state index is 0.271. The molecular formula is C11H18ClN3O. The van der Waals surface area contributed by atoms with E-state index in [1.165, 1.54) is 12.8 Å². The monoisotopic (exact) mass is 243 g/mol. The first-order valence-corrected chi connectivity index (χ1v) is 6.26. The highest BCUT2D eigenvalue weighted by atomic mass is 35.5. The first kappa shape index (κ1) is 11.9. The Morgan fingerprint density at radius 3 is 3.00 bits per heavy atom. The van der Waals surface area contributed by atoms with Gasteiger partial charge in [-0.3, -0.25) is 5.10 Å². The normalized spacial score (nSPS) is 30.6. The lowest BCUT2D eigenvalue weighted by Gasteiger charge is -2.37. The Hall–Kier alpha value is -0.610. The molecular weight excluding hydrogens is 226 g/mol. The molecule has 1 saturated carbocycles. The van der Waals surface area contributed by atoms with Crippen molar-refractivity contribution in [3.63, 3.8) is 0 Å². The summed E-state index contributed by atoms with van der Waals surface area (Å²) in [5.74, 6) is 1.44. The van der Waals surface area contributed by atoms with Crippen molar-refractivity contribution in [1.82, 2.24) is 15.2 Å². The summed E-state index contributed by atoms with van der Waals surface area (Å²) in [6.45, 7) is 4.95. The van der Waals surface area contributed by atoms with Crippen LogP contribution in [0.25, 0.3) is 0 Å². The van der Waals surface area contributed by atoms with Gasteiger partial charge in [-0.15, -0.1) is 5.10 Å². The lowest BCUT2D eigenvalue weighted by Crippen LogP contribution is -2.36. The van der Waals surface area contributed by atoms with E-state index in [1.807, 2.05) is 6.92 Å². The summed E-state index contributed by atoms with van der Waals surface area (Å²) in [6, 6.07) is 0. The molecule has 2 rings (SSSR count). The fourth-order valence-electron chi connectivity index (χ4n) is 2.64. The lowest BCUT2D eigenvalue weighted by atomic mass is 9.78. The first-order valence-electron chi connectivity index (χ1n) is 5.88. The molecule has 2 atom stereocenters. The molecule has 16 heavy (non-hydrogen) atoms. The van der Waals surface area contributed by atoms with Crippen LogP contribution in [0, 0.1) is 5.92 Å². The highest BCUT2D eigenvalue weighted by Gasteiger charge is 2.40. The second kappa shape index (κ2) is 4.72. The van der Waals surface area contributed by atoms with Gasteiger partial charge in [0.25, 0.3) is 0 Å². The summed E-state index contributed by atoms with van der Waals surface area (Å²) in [6.07, 6.45) is 4.42. The van der Waals surface area contributed by atoms with Crippen LogP contribution in [0.4, 0.5) is 0 Å². The summed E-state index contributed by atoms with van der Waals surface area (Å²) in [7, 11) is 0. The van der Waals surface area contributed by atoms with Crippen LogP contribution in [-0.2, 0) is 10.3 Å². The van der Waals surface area contributed by atoms with Gasteiger partial charge in [-0.25, -0.2) is 0 Å². The van der Waals surface area contributed by atoms with E-state index in [0.717, 1.165) is 18.7 Å². The van der Waals surface area contributed by atoms with E-state index < -0.39 is 0 Å². The van der Waals surface area contributed by atoms with Gasteiger partial charge in [0, 0.05) is 6.61 Å². The molecule has 2 unspecified atom stereocenters.